The summed E-state index contributed by atoms with van der Waals surface area (Å²) in [5.41, 5.74) is 4.30. The van der Waals surface area contributed by atoms with Gasteiger partial charge in [0.25, 0.3) is 11.8 Å². The zero-order valence-corrected chi connectivity index (χ0v) is 10.8. The van der Waals surface area contributed by atoms with Crippen LogP contribution in [0.5, 0.6) is 0 Å². The van der Waals surface area contributed by atoms with Gasteiger partial charge in [0.2, 0.25) is 0 Å². The summed E-state index contributed by atoms with van der Waals surface area (Å²) in [6.45, 7) is 0. The van der Waals surface area contributed by atoms with E-state index in [0.717, 1.165) is 5.56 Å². The first-order chi connectivity index (χ1) is 9.75. The maximum absolute atomic E-state index is 12.4. The fourth-order valence-corrected chi connectivity index (χ4v) is 2.31. The fourth-order valence-electron chi connectivity index (χ4n) is 2.31. The largest absolute Gasteiger partial charge is 0.272 e. The van der Waals surface area contributed by atoms with Crippen LogP contribution < -0.4 is 10.4 Å². The van der Waals surface area contributed by atoms with E-state index in [9.17, 15) is 9.59 Å². The van der Waals surface area contributed by atoms with E-state index >= 15 is 0 Å². The number of hydrogen-bond donors (Lipinski definition) is 1. The summed E-state index contributed by atoms with van der Waals surface area (Å²) in [5.74, 6) is -1.11. The number of anilines is 1. The lowest BCUT2D eigenvalue weighted by Gasteiger charge is -2.15. The predicted molar refractivity (Wildman–Crippen MR) is 75.7 cm³/mol. The molecule has 0 saturated carbocycles. The van der Waals surface area contributed by atoms with Crippen molar-refractivity contribution in [3.05, 3.63) is 66.2 Å². The van der Waals surface area contributed by atoms with E-state index in [-0.39, 0.29) is 11.8 Å². The third-order valence-corrected chi connectivity index (χ3v) is 3.35. The Bertz CT molecular complexity index is 625. The molecule has 1 unspecified atom stereocenters. The van der Waals surface area contributed by atoms with Gasteiger partial charge in [-0.15, -0.1) is 0 Å². The number of nitrogens with zero attached hydrogens (tertiary/aromatic N) is 1. The number of nitrogens with one attached hydrogen (secondary N) is 1. The van der Waals surface area contributed by atoms with E-state index in [1.807, 2.05) is 48.5 Å². The summed E-state index contributed by atoms with van der Waals surface area (Å²) in [6, 6.07) is 18.7. The highest BCUT2D eigenvalue weighted by atomic mass is 16.2. The van der Waals surface area contributed by atoms with Crippen LogP contribution in [0.2, 0.25) is 0 Å². The van der Waals surface area contributed by atoms with Crippen LogP contribution in [-0.2, 0) is 16.0 Å². The molecule has 1 heterocycles. The molecule has 0 radical (unpaired) electrons. The number of hydrogen-bond acceptors (Lipinski definition) is 2. The lowest BCUT2D eigenvalue weighted by molar-refractivity contribution is -0.127. The van der Waals surface area contributed by atoms with Gasteiger partial charge in [-0.25, -0.2) is 5.01 Å². The molecule has 20 heavy (non-hydrogen) atoms. The van der Waals surface area contributed by atoms with Gasteiger partial charge in [0.1, 0.15) is 5.92 Å². The first-order valence-corrected chi connectivity index (χ1v) is 6.49. The SMILES string of the molecule is O=C1NN(c2ccccc2)C(=O)C1Cc1ccccc1. The Labute approximate surface area is 117 Å². The molecule has 1 saturated heterocycles. The summed E-state index contributed by atoms with van der Waals surface area (Å²) in [4.78, 5) is 24.4. The van der Waals surface area contributed by atoms with Crippen LogP contribution in [0.4, 0.5) is 5.69 Å². The number of rotatable bonds is 3. The van der Waals surface area contributed by atoms with Crippen LogP contribution in [0.3, 0.4) is 0 Å². The van der Waals surface area contributed by atoms with E-state index in [4.69, 9.17) is 0 Å². The van der Waals surface area contributed by atoms with Crippen LogP contribution in [0.25, 0.3) is 0 Å². The lowest BCUT2D eigenvalue weighted by Crippen LogP contribution is -2.35. The summed E-state index contributed by atoms with van der Waals surface area (Å²) in [7, 11) is 0. The van der Waals surface area contributed by atoms with Gasteiger partial charge in [0.05, 0.1) is 5.69 Å². The Kier molecular flexibility index (Phi) is 3.21. The summed E-state index contributed by atoms with van der Waals surface area (Å²) in [6.07, 6.45) is 0.425. The van der Waals surface area contributed by atoms with Gasteiger partial charge in [-0.05, 0) is 24.1 Å². The lowest BCUT2D eigenvalue weighted by atomic mass is 9.99. The average Bonchev–Trinajstić information content (AvgIpc) is 2.77. The molecule has 0 aliphatic carbocycles. The molecule has 4 nitrogen and oxygen atoms in total. The Balaban J connectivity index is 1.81. The number of hydrazine groups is 1. The highest BCUT2D eigenvalue weighted by Crippen LogP contribution is 2.22. The minimum absolute atomic E-state index is 0.204. The molecule has 2 aromatic rings. The van der Waals surface area contributed by atoms with Crippen LogP contribution in [0, 0.1) is 5.92 Å². The van der Waals surface area contributed by atoms with Crippen molar-refractivity contribution in [3.63, 3.8) is 0 Å². The second kappa shape index (κ2) is 5.17. The third-order valence-electron chi connectivity index (χ3n) is 3.35. The van der Waals surface area contributed by atoms with Crippen molar-refractivity contribution in [3.8, 4) is 0 Å². The number of carbonyl (C=O) groups is 2. The highest BCUT2D eigenvalue weighted by Gasteiger charge is 2.39. The van der Waals surface area contributed by atoms with Crippen LogP contribution in [0.1, 0.15) is 5.56 Å². The van der Waals surface area contributed by atoms with E-state index < -0.39 is 5.92 Å². The average molecular weight is 266 g/mol. The first kappa shape index (κ1) is 12.4. The molecule has 0 spiro atoms. The molecule has 1 fully saturated rings. The zero-order valence-electron chi connectivity index (χ0n) is 10.8. The molecule has 2 amide bonds. The molecule has 1 aliphatic heterocycles. The molecule has 1 atom stereocenters. The maximum Gasteiger partial charge on any atom is 0.258 e. The molecule has 0 aromatic heterocycles. The second-order valence-electron chi connectivity index (χ2n) is 4.73. The highest BCUT2D eigenvalue weighted by molar-refractivity contribution is 6.14. The topological polar surface area (TPSA) is 49.4 Å². The van der Waals surface area contributed by atoms with E-state index in [0.29, 0.717) is 12.1 Å². The third kappa shape index (κ3) is 2.28. The molecule has 1 aliphatic rings. The van der Waals surface area contributed by atoms with Crippen molar-refractivity contribution >= 4 is 17.5 Å². The van der Waals surface area contributed by atoms with Crippen molar-refractivity contribution < 1.29 is 9.59 Å². The zero-order chi connectivity index (χ0) is 13.9. The molecule has 0 bridgehead atoms. The molecule has 100 valence electrons. The van der Waals surface area contributed by atoms with Gasteiger partial charge >= 0.3 is 0 Å². The van der Waals surface area contributed by atoms with Gasteiger partial charge in [0, 0.05) is 0 Å². The minimum Gasteiger partial charge on any atom is -0.272 e. The predicted octanol–water partition coefficient (Wildman–Crippen LogP) is 1.92. The quantitative estimate of drug-likeness (QED) is 0.863. The van der Waals surface area contributed by atoms with Crippen molar-refractivity contribution in [1.29, 1.82) is 0 Å². The molecule has 4 heteroatoms. The Morgan fingerprint density at radius 1 is 0.900 bits per heavy atom. The van der Waals surface area contributed by atoms with Gasteiger partial charge in [0.15, 0.2) is 0 Å². The summed E-state index contributed by atoms with van der Waals surface area (Å²) in [5, 5.41) is 1.33. The summed E-state index contributed by atoms with van der Waals surface area (Å²) < 4.78 is 0. The fraction of sp³-hybridized carbons (Fsp3) is 0.125. The van der Waals surface area contributed by atoms with Crippen LogP contribution >= 0.6 is 0 Å². The van der Waals surface area contributed by atoms with Crippen molar-refractivity contribution in [2.24, 2.45) is 5.92 Å². The number of para-hydroxylation sites is 1. The summed E-state index contributed by atoms with van der Waals surface area (Å²) >= 11 is 0. The van der Waals surface area contributed by atoms with Crippen LogP contribution in [0.15, 0.2) is 60.7 Å². The smallest absolute Gasteiger partial charge is 0.258 e. The van der Waals surface area contributed by atoms with E-state index in [2.05, 4.69) is 5.43 Å². The van der Waals surface area contributed by atoms with Gasteiger partial charge in [-0.1, -0.05) is 48.5 Å². The Morgan fingerprint density at radius 3 is 2.15 bits per heavy atom. The van der Waals surface area contributed by atoms with E-state index in [1.165, 1.54) is 5.01 Å². The minimum atomic E-state index is -0.655. The standard InChI is InChI=1S/C16H14N2O2/c19-15-14(11-12-7-3-1-4-8-12)16(20)18(17-15)13-9-5-2-6-10-13/h1-10,14H,11H2,(H,17,19). The van der Waals surface area contributed by atoms with Crippen molar-refractivity contribution in [2.75, 3.05) is 5.01 Å². The van der Waals surface area contributed by atoms with Gasteiger partial charge in [-0.3, -0.25) is 15.0 Å². The van der Waals surface area contributed by atoms with Crippen molar-refractivity contribution in [2.45, 2.75) is 6.42 Å². The van der Waals surface area contributed by atoms with Gasteiger partial charge in [-0.2, -0.15) is 0 Å². The second-order valence-corrected chi connectivity index (χ2v) is 4.73. The number of benzene rings is 2. The number of amides is 2. The maximum atomic E-state index is 12.4. The van der Waals surface area contributed by atoms with Crippen LogP contribution in [-0.4, -0.2) is 11.8 Å². The van der Waals surface area contributed by atoms with Gasteiger partial charge < -0.3 is 0 Å². The van der Waals surface area contributed by atoms with E-state index in [1.54, 1.807) is 12.1 Å². The number of carbonyl (C=O) groups excluding carboxylic acids is 2. The monoisotopic (exact) mass is 266 g/mol. The Morgan fingerprint density at radius 2 is 1.50 bits per heavy atom. The molecular weight excluding hydrogens is 252 g/mol. The molecule has 1 N–H and O–H groups in total. The van der Waals surface area contributed by atoms with Crippen molar-refractivity contribution in [1.82, 2.24) is 5.43 Å². The first-order valence-electron chi connectivity index (χ1n) is 6.49. The molecule has 3 rings (SSSR count). The molecular formula is C16H14N2O2. The Hall–Kier alpha value is -2.62. The molecule has 2 aromatic carbocycles. The normalized spacial score (nSPS) is 18.2.